The van der Waals surface area contributed by atoms with Gasteiger partial charge in [-0.25, -0.2) is 4.79 Å². The van der Waals surface area contributed by atoms with Gasteiger partial charge in [0.05, 0.1) is 12.5 Å². The van der Waals surface area contributed by atoms with Crippen LogP contribution in [0.1, 0.15) is 25.7 Å². The van der Waals surface area contributed by atoms with Gasteiger partial charge in [0.2, 0.25) is 5.91 Å². The second-order valence-corrected chi connectivity index (χ2v) is 5.95. The van der Waals surface area contributed by atoms with E-state index < -0.39 is 18.1 Å². The summed E-state index contributed by atoms with van der Waals surface area (Å²) in [5, 5.41) is 8.33. The second-order valence-electron chi connectivity index (χ2n) is 5.95. The molecule has 0 radical (unpaired) electrons. The molecule has 2 aliphatic rings. The van der Waals surface area contributed by atoms with E-state index in [4.69, 9.17) is 0 Å². The van der Waals surface area contributed by atoms with Crippen molar-refractivity contribution in [2.24, 2.45) is 10.9 Å². The predicted molar refractivity (Wildman–Crippen MR) is 81.4 cm³/mol. The van der Waals surface area contributed by atoms with Gasteiger partial charge in [0, 0.05) is 26.2 Å². The van der Waals surface area contributed by atoms with Gasteiger partial charge in [0.25, 0.3) is 0 Å². The van der Waals surface area contributed by atoms with Crippen LogP contribution < -0.4 is 16.0 Å². The lowest BCUT2D eigenvalue weighted by Gasteiger charge is -2.32. The number of nitrogens with zero attached hydrogens (tertiary/aromatic N) is 2. The summed E-state index contributed by atoms with van der Waals surface area (Å²) < 4.78 is 38.5. The summed E-state index contributed by atoms with van der Waals surface area (Å²) >= 11 is 0. The number of aliphatic imine (C=N–C) groups is 1. The highest BCUT2D eigenvalue weighted by Gasteiger charge is 2.42. The number of guanidine groups is 1. The van der Waals surface area contributed by atoms with Crippen LogP contribution >= 0.6 is 0 Å². The Morgan fingerprint density at radius 3 is 2.71 bits per heavy atom. The predicted octanol–water partition coefficient (Wildman–Crippen LogP) is 0.824. The molecule has 3 N–H and O–H groups in total. The normalized spacial score (nSPS) is 25.7. The topological polar surface area (TPSA) is 85.8 Å². The van der Waals surface area contributed by atoms with Crippen molar-refractivity contribution in [1.29, 1.82) is 0 Å². The number of urea groups is 1. The largest absolute Gasteiger partial charge is 0.391 e. The van der Waals surface area contributed by atoms with Crippen molar-refractivity contribution in [1.82, 2.24) is 20.9 Å². The van der Waals surface area contributed by atoms with Crippen LogP contribution in [0.4, 0.5) is 18.0 Å². The Kier molecular flexibility index (Phi) is 5.89. The summed E-state index contributed by atoms with van der Waals surface area (Å²) in [4.78, 5) is 27.9. The number of imide groups is 1. The van der Waals surface area contributed by atoms with Crippen LogP contribution in [0.5, 0.6) is 0 Å². The van der Waals surface area contributed by atoms with Crippen LogP contribution in [0, 0.1) is 5.92 Å². The zero-order valence-corrected chi connectivity index (χ0v) is 13.4. The van der Waals surface area contributed by atoms with Crippen molar-refractivity contribution in [3.8, 4) is 0 Å². The lowest BCUT2D eigenvalue weighted by Crippen LogP contribution is -2.48. The molecule has 136 valence electrons. The lowest BCUT2D eigenvalue weighted by molar-refractivity contribution is -0.183. The Morgan fingerprint density at radius 2 is 2.12 bits per heavy atom. The average molecular weight is 349 g/mol. The Hall–Kier alpha value is -2.00. The van der Waals surface area contributed by atoms with Gasteiger partial charge in [-0.05, 0) is 19.3 Å². The standard InChI is InChI=1S/C14H22F3N5O2/c1-18-12(19-5-6-22-11(23)8-20-13(22)24)21-10-4-2-3-9(7-10)14(15,16)17/h9-10H,2-8H2,1H3,(H,20,24)(H2,18,19,21). The molecule has 1 saturated carbocycles. The van der Waals surface area contributed by atoms with Crippen molar-refractivity contribution in [3.63, 3.8) is 0 Å². The van der Waals surface area contributed by atoms with E-state index in [2.05, 4.69) is 20.9 Å². The van der Waals surface area contributed by atoms with Crippen LogP contribution in [-0.2, 0) is 4.79 Å². The van der Waals surface area contributed by atoms with Crippen molar-refractivity contribution in [2.75, 3.05) is 26.7 Å². The molecule has 24 heavy (non-hydrogen) atoms. The van der Waals surface area contributed by atoms with E-state index in [0.717, 1.165) is 4.90 Å². The maximum Gasteiger partial charge on any atom is 0.391 e. The SMILES string of the molecule is CN=C(NCCN1C(=O)CNC1=O)NC1CCCC(C(F)(F)F)C1. The molecule has 7 nitrogen and oxygen atoms in total. The first-order valence-electron chi connectivity index (χ1n) is 7.93. The highest BCUT2D eigenvalue weighted by molar-refractivity contribution is 6.01. The Morgan fingerprint density at radius 1 is 1.38 bits per heavy atom. The molecule has 2 unspecified atom stereocenters. The fourth-order valence-corrected chi connectivity index (χ4v) is 2.97. The fourth-order valence-electron chi connectivity index (χ4n) is 2.97. The van der Waals surface area contributed by atoms with E-state index in [0.29, 0.717) is 18.8 Å². The number of nitrogens with one attached hydrogen (secondary N) is 3. The minimum absolute atomic E-state index is 0.00723. The van der Waals surface area contributed by atoms with E-state index in [1.807, 2.05) is 0 Å². The highest BCUT2D eigenvalue weighted by atomic mass is 19.4. The molecule has 1 heterocycles. The van der Waals surface area contributed by atoms with E-state index in [1.165, 1.54) is 7.05 Å². The number of halogens is 3. The van der Waals surface area contributed by atoms with Gasteiger partial charge in [-0.3, -0.25) is 14.7 Å². The number of amides is 3. The minimum atomic E-state index is -4.17. The molecular formula is C14H22F3N5O2. The number of hydrogen-bond donors (Lipinski definition) is 3. The molecule has 1 aliphatic heterocycles. The zero-order valence-electron chi connectivity index (χ0n) is 13.4. The van der Waals surface area contributed by atoms with E-state index >= 15 is 0 Å². The Bertz CT molecular complexity index is 493. The van der Waals surface area contributed by atoms with E-state index in [-0.39, 0.29) is 44.4 Å². The molecule has 3 amide bonds. The van der Waals surface area contributed by atoms with Crippen molar-refractivity contribution >= 4 is 17.9 Å². The summed E-state index contributed by atoms with van der Waals surface area (Å²) in [5.41, 5.74) is 0. The first-order chi connectivity index (χ1) is 11.3. The molecule has 1 aliphatic carbocycles. The van der Waals surface area contributed by atoms with Gasteiger partial charge >= 0.3 is 12.2 Å². The summed E-state index contributed by atoms with van der Waals surface area (Å²) in [7, 11) is 1.52. The van der Waals surface area contributed by atoms with E-state index in [1.54, 1.807) is 0 Å². The molecule has 2 atom stereocenters. The highest BCUT2D eigenvalue weighted by Crippen LogP contribution is 2.37. The summed E-state index contributed by atoms with van der Waals surface area (Å²) in [6.45, 7) is 0.433. The third-order valence-electron chi connectivity index (χ3n) is 4.27. The van der Waals surface area contributed by atoms with Crippen molar-refractivity contribution in [2.45, 2.75) is 37.9 Å². The summed E-state index contributed by atoms with van der Waals surface area (Å²) in [6.07, 6.45) is -2.81. The number of alkyl halides is 3. The molecule has 0 aromatic rings. The van der Waals surface area contributed by atoms with Crippen LogP contribution in [-0.4, -0.2) is 61.7 Å². The lowest BCUT2D eigenvalue weighted by atomic mass is 9.85. The molecule has 0 aromatic carbocycles. The van der Waals surface area contributed by atoms with Crippen molar-refractivity contribution < 1.29 is 22.8 Å². The Balaban J connectivity index is 1.78. The molecular weight excluding hydrogens is 327 g/mol. The first kappa shape index (κ1) is 18.3. The van der Waals surface area contributed by atoms with Crippen LogP contribution in [0.2, 0.25) is 0 Å². The van der Waals surface area contributed by atoms with Crippen LogP contribution in [0.15, 0.2) is 4.99 Å². The fraction of sp³-hybridized carbons (Fsp3) is 0.786. The maximum atomic E-state index is 12.8. The molecule has 10 heteroatoms. The van der Waals surface area contributed by atoms with E-state index in [9.17, 15) is 22.8 Å². The molecule has 1 saturated heterocycles. The molecule has 2 fully saturated rings. The van der Waals surface area contributed by atoms with Crippen LogP contribution in [0.3, 0.4) is 0 Å². The van der Waals surface area contributed by atoms with Gasteiger partial charge < -0.3 is 16.0 Å². The quantitative estimate of drug-likeness (QED) is 0.399. The van der Waals surface area contributed by atoms with Gasteiger partial charge in [0.15, 0.2) is 5.96 Å². The third-order valence-corrected chi connectivity index (χ3v) is 4.27. The average Bonchev–Trinajstić information content (AvgIpc) is 2.85. The number of hydrogen-bond acceptors (Lipinski definition) is 3. The van der Waals surface area contributed by atoms with Gasteiger partial charge in [-0.2, -0.15) is 13.2 Å². The van der Waals surface area contributed by atoms with Gasteiger partial charge in [-0.15, -0.1) is 0 Å². The third kappa shape index (κ3) is 4.75. The first-order valence-corrected chi connectivity index (χ1v) is 7.93. The minimum Gasteiger partial charge on any atom is -0.355 e. The maximum absolute atomic E-state index is 12.8. The molecule has 2 rings (SSSR count). The molecule has 0 spiro atoms. The smallest absolute Gasteiger partial charge is 0.355 e. The second kappa shape index (κ2) is 7.71. The molecule has 0 aromatic heterocycles. The summed E-state index contributed by atoms with van der Waals surface area (Å²) in [5.74, 6) is -1.22. The monoisotopic (exact) mass is 349 g/mol. The summed E-state index contributed by atoms with van der Waals surface area (Å²) in [6, 6.07) is -0.738. The zero-order chi connectivity index (χ0) is 17.7. The van der Waals surface area contributed by atoms with Gasteiger partial charge in [-0.1, -0.05) is 6.42 Å². The number of carbonyl (C=O) groups is 2. The van der Waals surface area contributed by atoms with Gasteiger partial charge in [0.1, 0.15) is 0 Å². The number of rotatable bonds is 4. The van der Waals surface area contributed by atoms with Crippen LogP contribution in [0.25, 0.3) is 0 Å². The Labute approximate surface area is 138 Å². The molecule has 0 bridgehead atoms. The van der Waals surface area contributed by atoms with Crippen molar-refractivity contribution in [3.05, 3.63) is 0 Å². The number of carbonyl (C=O) groups excluding carboxylic acids is 2.